The van der Waals surface area contributed by atoms with Crippen LogP contribution in [0, 0.1) is 41.4 Å². The molecule has 0 spiro atoms. The average molecular weight is 387 g/mol. The quantitative estimate of drug-likeness (QED) is 0.764. The molecule has 0 atom stereocenters. The molecule has 5 nitrogen and oxygen atoms in total. The summed E-state index contributed by atoms with van der Waals surface area (Å²) in [6.45, 7) is 5.33. The third-order valence-corrected chi connectivity index (χ3v) is 7.72. The van der Waals surface area contributed by atoms with Gasteiger partial charge in [-0.25, -0.2) is 4.79 Å². The summed E-state index contributed by atoms with van der Waals surface area (Å²) in [7, 11) is 0. The van der Waals surface area contributed by atoms with Crippen LogP contribution in [0.1, 0.15) is 73.2 Å². The van der Waals surface area contributed by atoms with E-state index in [9.17, 15) is 14.9 Å². The second-order valence-electron chi connectivity index (χ2n) is 8.98. The Kier molecular flexibility index (Phi) is 4.54. The number of nitrogens with one attached hydrogen (secondary N) is 1. The highest BCUT2D eigenvalue weighted by atomic mass is 32.1. The van der Waals surface area contributed by atoms with E-state index in [4.69, 9.17) is 4.74 Å². The molecule has 6 heteroatoms. The number of ether oxygens (including phenoxy) is 1. The first kappa shape index (κ1) is 18.5. The molecule has 1 N–H and O–H groups in total. The molecule has 1 aromatic heterocycles. The SMILES string of the molecule is Cc1c(C(=O)OC(C)C)sc(NC(=O)C23CC4CC(CC(C4)C2)C3)c1C#N. The van der Waals surface area contributed by atoms with Gasteiger partial charge in [0.15, 0.2) is 0 Å². The molecule has 0 saturated heterocycles. The Morgan fingerprint density at radius 1 is 1.19 bits per heavy atom. The number of hydrogen-bond acceptors (Lipinski definition) is 5. The summed E-state index contributed by atoms with van der Waals surface area (Å²) in [6.07, 6.45) is 6.52. The molecule has 0 unspecified atom stereocenters. The normalized spacial score (nSPS) is 31.0. The van der Waals surface area contributed by atoms with Crippen LogP contribution in [0.4, 0.5) is 5.00 Å². The summed E-state index contributed by atoms with van der Waals surface area (Å²) in [5.41, 5.74) is 0.695. The second kappa shape index (κ2) is 6.63. The minimum Gasteiger partial charge on any atom is -0.459 e. The average Bonchev–Trinajstić information content (AvgIpc) is 2.88. The Bertz CT molecular complexity index is 798. The molecular weight excluding hydrogens is 360 g/mol. The number of thiophene rings is 1. The van der Waals surface area contributed by atoms with Crippen LogP contribution in [0.2, 0.25) is 0 Å². The highest BCUT2D eigenvalue weighted by Gasteiger charge is 2.54. The lowest BCUT2D eigenvalue weighted by molar-refractivity contribution is -0.140. The standard InChI is InChI=1S/C21H26N2O3S/c1-11(2)26-19(24)17-12(3)16(10-22)18(27-17)23-20(25)21-7-13-4-14(8-21)6-15(5-13)9-21/h11,13-15H,4-9H2,1-3H3,(H,23,25). The van der Waals surface area contributed by atoms with Crippen LogP contribution in [0.3, 0.4) is 0 Å². The molecule has 0 aromatic carbocycles. The van der Waals surface area contributed by atoms with Crippen molar-refractivity contribution in [2.45, 2.75) is 65.4 Å². The lowest BCUT2D eigenvalue weighted by atomic mass is 9.49. The summed E-state index contributed by atoms with van der Waals surface area (Å²) < 4.78 is 5.28. The van der Waals surface area contributed by atoms with E-state index in [0.29, 0.717) is 38.8 Å². The molecule has 1 heterocycles. The van der Waals surface area contributed by atoms with Crippen LogP contribution in [-0.2, 0) is 9.53 Å². The number of anilines is 1. The van der Waals surface area contributed by atoms with Gasteiger partial charge >= 0.3 is 5.97 Å². The highest BCUT2D eigenvalue weighted by Crippen LogP contribution is 2.60. The van der Waals surface area contributed by atoms with Gasteiger partial charge in [0, 0.05) is 0 Å². The molecular formula is C21H26N2O3S. The Labute approximate surface area is 164 Å². The van der Waals surface area contributed by atoms with E-state index in [1.54, 1.807) is 20.8 Å². The Balaban J connectivity index is 1.58. The van der Waals surface area contributed by atoms with Gasteiger partial charge in [0.1, 0.15) is 15.9 Å². The van der Waals surface area contributed by atoms with E-state index >= 15 is 0 Å². The lowest BCUT2D eigenvalue weighted by Gasteiger charge is -2.55. The fourth-order valence-electron chi connectivity index (χ4n) is 5.82. The van der Waals surface area contributed by atoms with Crippen LogP contribution < -0.4 is 5.32 Å². The maximum Gasteiger partial charge on any atom is 0.348 e. The van der Waals surface area contributed by atoms with Crippen molar-refractivity contribution in [3.8, 4) is 6.07 Å². The molecule has 4 saturated carbocycles. The van der Waals surface area contributed by atoms with Crippen molar-refractivity contribution in [2.24, 2.45) is 23.2 Å². The smallest absolute Gasteiger partial charge is 0.348 e. The molecule has 144 valence electrons. The number of amides is 1. The van der Waals surface area contributed by atoms with E-state index < -0.39 is 5.97 Å². The Hall–Kier alpha value is -1.87. The lowest BCUT2D eigenvalue weighted by Crippen LogP contribution is -2.51. The van der Waals surface area contributed by atoms with Crippen molar-refractivity contribution in [1.82, 2.24) is 0 Å². The first-order valence-electron chi connectivity index (χ1n) is 9.87. The predicted octanol–water partition coefficient (Wildman–Crippen LogP) is 4.65. The van der Waals surface area contributed by atoms with Gasteiger partial charge in [-0.3, -0.25) is 4.79 Å². The molecule has 4 aliphatic rings. The van der Waals surface area contributed by atoms with Crippen LogP contribution >= 0.6 is 11.3 Å². The number of hydrogen-bond donors (Lipinski definition) is 1. The van der Waals surface area contributed by atoms with E-state index in [0.717, 1.165) is 30.6 Å². The summed E-state index contributed by atoms with van der Waals surface area (Å²) in [6, 6.07) is 2.16. The zero-order chi connectivity index (χ0) is 19.3. The minimum atomic E-state index is -0.431. The molecule has 0 radical (unpaired) electrons. The van der Waals surface area contributed by atoms with Crippen molar-refractivity contribution < 1.29 is 14.3 Å². The molecule has 4 fully saturated rings. The molecule has 1 amide bonds. The fourth-order valence-corrected chi connectivity index (χ4v) is 6.86. The van der Waals surface area contributed by atoms with Crippen LogP contribution in [0.15, 0.2) is 0 Å². The molecule has 4 aliphatic carbocycles. The van der Waals surface area contributed by atoms with Gasteiger partial charge in [0.05, 0.1) is 17.1 Å². The number of rotatable bonds is 4. The number of carbonyl (C=O) groups excluding carboxylic acids is 2. The maximum absolute atomic E-state index is 13.3. The summed E-state index contributed by atoms with van der Waals surface area (Å²) in [5.74, 6) is 1.65. The third-order valence-electron chi connectivity index (χ3n) is 6.53. The van der Waals surface area contributed by atoms with Crippen LogP contribution in [0.25, 0.3) is 0 Å². The monoisotopic (exact) mass is 386 g/mol. The number of nitriles is 1. The highest BCUT2D eigenvalue weighted by molar-refractivity contribution is 7.18. The third kappa shape index (κ3) is 3.16. The van der Waals surface area contributed by atoms with Gasteiger partial charge in [-0.2, -0.15) is 5.26 Å². The van der Waals surface area contributed by atoms with Gasteiger partial charge in [-0.1, -0.05) is 0 Å². The van der Waals surface area contributed by atoms with Crippen molar-refractivity contribution in [1.29, 1.82) is 5.26 Å². The molecule has 0 aliphatic heterocycles. The van der Waals surface area contributed by atoms with Crippen LogP contribution in [-0.4, -0.2) is 18.0 Å². The second-order valence-corrected chi connectivity index (χ2v) is 10.00. The zero-order valence-electron chi connectivity index (χ0n) is 16.1. The van der Waals surface area contributed by atoms with Gasteiger partial charge in [0.2, 0.25) is 5.91 Å². The summed E-state index contributed by atoms with van der Waals surface area (Å²) in [4.78, 5) is 26.0. The number of esters is 1. The van der Waals surface area contributed by atoms with E-state index in [2.05, 4.69) is 11.4 Å². The van der Waals surface area contributed by atoms with Gasteiger partial charge in [-0.05, 0) is 82.6 Å². The number of carbonyl (C=O) groups is 2. The summed E-state index contributed by atoms with van der Waals surface area (Å²) >= 11 is 1.16. The largest absolute Gasteiger partial charge is 0.459 e. The molecule has 5 rings (SSSR count). The molecule has 4 bridgehead atoms. The first-order valence-corrected chi connectivity index (χ1v) is 10.7. The zero-order valence-corrected chi connectivity index (χ0v) is 16.9. The van der Waals surface area contributed by atoms with E-state index in [1.165, 1.54) is 19.3 Å². The fraction of sp³-hybridized carbons (Fsp3) is 0.667. The predicted molar refractivity (Wildman–Crippen MR) is 104 cm³/mol. The van der Waals surface area contributed by atoms with Crippen molar-refractivity contribution in [2.75, 3.05) is 5.32 Å². The Morgan fingerprint density at radius 3 is 2.22 bits per heavy atom. The maximum atomic E-state index is 13.3. The van der Waals surface area contributed by atoms with Crippen molar-refractivity contribution in [3.05, 3.63) is 16.0 Å². The van der Waals surface area contributed by atoms with Gasteiger partial charge in [-0.15, -0.1) is 11.3 Å². The first-order chi connectivity index (χ1) is 12.8. The Morgan fingerprint density at radius 2 is 1.74 bits per heavy atom. The molecule has 27 heavy (non-hydrogen) atoms. The topological polar surface area (TPSA) is 79.2 Å². The summed E-state index contributed by atoms with van der Waals surface area (Å²) in [5, 5.41) is 13.1. The van der Waals surface area contributed by atoms with Gasteiger partial charge in [0.25, 0.3) is 0 Å². The van der Waals surface area contributed by atoms with Gasteiger partial charge < -0.3 is 10.1 Å². The van der Waals surface area contributed by atoms with Crippen LogP contribution in [0.5, 0.6) is 0 Å². The van der Waals surface area contributed by atoms with E-state index in [-0.39, 0.29) is 17.4 Å². The molecule has 1 aromatic rings. The number of nitrogens with zero attached hydrogens (tertiary/aromatic N) is 1. The van der Waals surface area contributed by atoms with Crippen molar-refractivity contribution in [3.63, 3.8) is 0 Å². The van der Waals surface area contributed by atoms with E-state index in [1.807, 2.05) is 0 Å². The van der Waals surface area contributed by atoms with Crippen molar-refractivity contribution >= 4 is 28.2 Å². The minimum absolute atomic E-state index is 0.0446.